The van der Waals surface area contributed by atoms with E-state index in [4.69, 9.17) is 20.9 Å². The summed E-state index contributed by atoms with van der Waals surface area (Å²) in [5, 5.41) is 5.54. The highest BCUT2D eigenvalue weighted by Crippen LogP contribution is 2.33. The summed E-state index contributed by atoms with van der Waals surface area (Å²) in [6.45, 7) is 3.23. The molecule has 0 atom stereocenters. The lowest BCUT2D eigenvalue weighted by molar-refractivity contribution is 0.0526. The SMILES string of the molecule is CCOC(=O)c1cnc(SC)nc1N1CCc2c(noc2-c2ccc(Cl)cc2)C1. The van der Waals surface area contributed by atoms with E-state index >= 15 is 0 Å². The summed E-state index contributed by atoms with van der Waals surface area (Å²) in [7, 11) is 0. The van der Waals surface area contributed by atoms with E-state index in [9.17, 15) is 4.79 Å². The number of carbonyl (C=O) groups excluding carboxylic acids is 1. The molecule has 0 spiro atoms. The fraction of sp³-hybridized carbons (Fsp3) is 0.300. The van der Waals surface area contributed by atoms with Crippen LogP contribution in [0.2, 0.25) is 5.02 Å². The molecule has 150 valence electrons. The number of fused-ring (bicyclic) bond motifs is 1. The molecule has 0 amide bonds. The van der Waals surface area contributed by atoms with Gasteiger partial charge in [0, 0.05) is 28.9 Å². The van der Waals surface area contributed by atoms with Crippen molar-refractivity contribution >= 4 is 35.1 Å². The molecule has 0 aliphatic carbocycles. The Hall–Kier alpha value is -2.58. The molecule has 3 heterocycles. The number of benzene rings is 1. The van der Waals surface area contributed by atoms with Crippen LogP contribution in [0.25, 0.3) is 11.3 Å². The Morgan fingerprint density at radius 1 is 1.34 bits per heavy atom. The van der Waals surface area contributed by atoms with Crippen molar-refractivity contribution in [2.24, 2.45) is 0 Å². The minimum Gasteiger partial charge on any atom is -0.462 e. The van der Waals surface area contributed by atoms with Crippen LogP contribution in [0.1, 0.15) is 28.5 Å². The maximum absolute atomic E-state index is 12.4. The van der Waals surface area contributed by atoms with Crippen LogP contribution in [0.4, 0.5) is 5.82 Å². The lowest BCUT2D eigenvalue weighted by Gasteiger charge is -2.28. The molecule has 0 unspecified atom stereocenters. The quantitative estimate of drug-likeness (QED) is 0.337. The summed E-state index contributed by atoms with van der Waals surface area (Å²) in [6.07, 6.45) is 4.15. The Kier molecular flexibility index (Phi) is 5.73. The van der Waals surface area contributed by atoms with Gasteiger partial charge in [-0.25, -0.2) is 14.8 Å². The van der Waals surface area contributed by atoms with Gasteiger partial charge >= 0.3 is 5.97 Å². The first-order valence-corrected chi connectivity index (χ1v) is 10.8. The number of esters is 1. The van der Waals surface area contributed by atoms with Gasteiger partial charge in [0.2, 0.25) is 0 Å². The Morgan fingerprint density at radius 3 is 2.86 bits per heavy atom. The summed E-state index contributed by atoms with van der Waals surface area (Å²) in [5.41, 5.74) is 3.20. The van der Waals surface area contributed by atoms with E-state index in [0.717, 1.165) is 29.0 Å². The molecule has 0 bridgehead atoms. The predicted octanol–water partition coefficient (Wildman–Crippen LogP) is 4.25. The summed E-state index contributed by atoms with van der Waals surface area (Å²) in [6, 6.07) is 7.50. The lowest BCUT2D eigenvalue weighted by atomic mass is 10.0. The summed E-state index contributed by atoms with van der Waals surface area (Å²) < 4.78 is 10.8. The highest BCUT2D eigenvalue weighted by Gasteiger charge is 2.28. The second-order valence-electron chi connectivity index (χ2n) is 6.43. The third-order valence-corrected chi connectivity index (χ3v) is 5.49. The van der Waals surface area contributed by atoms with Crippen molar-refractivity contribution in [1.29, 1.82) is 0 Å². The Labute approximate surface area is 177 Å². The van der Waals surface area contributed by atoms with Crippen molar-refractivity contribution in [2.75, 3.05) is 24.3 Å². The third kappa shape index (κ3) is 3.95. The van der Waals surface area contributed by atoms with Crippen LogP contribution in [0.3, 0.4) is 0 Å². The second kappa shape index (κ2) is 8.42. The van der Waals surface area contributed by atoms with Crippen LogP contribution in [-0.2, 0) is 17.7 Å². The fourth-order valence-electron chi connectivity index (χ4n) is 3.29. The first-order chi connectivity index (χ1) is 14.1. The molecule has 2 aromatic heterocycles. The molecule has 1 aliphatic heterocycles. The van der Waals surface area contributed by atoms with E-state index in [1.807, 2.05) is 35.4 Å². The van der Waals surface area contributed by atoms with Gasteiger partial charge in [-0.05, 0) is 43.9 Å². The molecule has 0 saturated heterocycles. The van der Waals surface area contributed by atoms with Crippen molar-refractivity contribution in [3.63, 3.8) is 0 Å². The minimum absolute atomic E-state index is 0.292. The average molecular weight is 431 g/mol. The van der Waals surface area contributed by atoms with E-state index in [-0.39, 0.29) is 0 Å². The monoisotopic (exact) mass is 430 g/mol. The van der Waals surface area contributed by atoms with E-state index < -0.39 is 5.97 Å². The van der Waals surface area contributed by atoms with Crippen LogP contribution >= 0.6 is 23.4 Å². The summed E-state index contributed by atoms with van der Waals surface area (Å²) in [4.78, 5) is 23.2. The molecule has 1 aliphatic rings. The summed E-state index contributed by atoms with van der Waals surface area (Å²) in [5.74, 6) is 0.891. The molecule has 29 heavy (non-hydrogen) atoms. The number of rotatable bonds is 5. The highest BCUT2D eigenvalue weighted by molar-refractivity contribution is 7.98. The van der Waals surface area contributed by atoms with E-state index in [1.165, 1.54) is 18.0 Å². The van der Waals surface area contributed by atoms with Crippen LogP contribution in [-0.4, -0.2) is 40.5 Å². The maximum atomic E-state index is 12.4. The predicted molar refractivity (Wildman–Crippen MR) is 111 cm³/mol. The van der Waals surface area contributed by atoms with Gasteiger partial charge < -0.3 is 14.2 Å². The number of aromatic nitrogens is 3. The van der Waals surface area contributed by atoms with Crippen molar-refractivity contribution in [3.05, 3.63) is 52.3 Å². The van der Waals surface area contributed by atoms with Gasteiger partial charge in [-0.1, -0.05) is 28.5 Å². The normalized spacial score (nSPS) is 13.3. The number of hydrogen-bond acceptors (Lipinski definition) is 8. The number of ether oxygens (including phenoxy) is 1. The molecule has 0 N–H and O–H groups in total. The number of anilines is 1. The van der Waals surface area contributed by atoms with Crippen LogP contribution < -0.4 is 4.90 Å². The van der Waals surface area contributed by atoms with Gasteiger partial charge in [-0.15, -0.1) is 0 Å². The van der Waals surface area contributed by atoms with Gasteiger partial charge in [0.25, 0.3) is 0 Å². The third-order valence-electron chi connectivity index (χ3n) is 4.67. The molecular formula is C20H19ClN4O3S. The van der Waals surface area contributed by atoms with Crippen LogP contribution in [0, 0.1) is 0 Å². The molecule has 0 saturated carbocycles. The zero-order valence-corrected chi connectivity index (χ0v) is 17.6. The number of halogens is 1. The van der Waals surface area contributed by atoms with Crippen LogP contribution in [0.5, 0.6) is 0 Å². The molecule has 0 radical (unpaired) electrons. The van der Waals surface area contributed by atoms with Crippen LogP contribution in [0.15, 0.2) is 40.1 Å². The first-order valence-electron chi connectivity index (χ1n) is 9.17. The van der Waals surface area contributed by atoms with Gasteiger partial charge in [-0.2, -0.15) is 0 Å². The van der Waals surface area contributed by atoms with E-state index in [2.05, 4.69) is 15.1 Å². The molecular weight excluding hydrogens is 412 g/mol. The Morgan fingerprint density at radius 2 is 2.14 bits per heavy atom. The molecule has 3 aromatic rings. The van der Waals surface area contributed by atoms with Crippen molar-refractivity contribution < 1.29 is 14.1 Å². The Bertz CT molecular complexity index is 1040. The second-order valence-corrected chi connectivity index (χ2v) is 7.64. The van der Waals surface area contributed by atoms with E-state index in [1.54, 1.807) is 6.92 Å². The first kappa shape index (κ1) is 19.7. The topological polar surface area (TPSA) is 81.4 Å². The Balaban J connectivity index is 1.65. The van der Waals surface area contributed by atoms with Crippen molar-refractivity contribution in [2.45, 2.75) is 25.0 Å². The standard InChI is InChI=1S/C20H19ClN4O3S/c1-3-27-19(26)15-10-22-20(29-2)23-18(15)25-9-8-14-16(11-25)24-28-17(14)12-4-6-13(21)7-5-12/h4-7,10H,3,8-9,11H2,1-2H3. The highest BCUT2D eigenvalue weighted by atomic mass is 35.5. The van der Waals surface area contributed by atoms with Crippen molar-refractivity contribution in [1.82, 2.24) is 15.1 Å². The van der Waals surface area contributed by atoms with Gasteiger partial charge in [0.15, 0.2) is 10.9 Å². The number of thioether (sulfide) groups is 1. The van der Waals surface area contributed by atoms with Gasteiger partial charge in [-0.3, -0.25) is 0 Å². The zero-order valence-electron chi connectivity index (χ0n) is 16.0. The van der Waals surface area contributed by atoms with Gasteiger partial charge in [0.1, 0.15) is 17.1 Å². The lowest BCUT2D eigenvalue weighted by Crippen LogP contribution is -2.32. The number of carbonyl (C=O) groups is 1. The van der Waals surface area contributed by atoms with E-state index in [0.29, 0.717) is 41.3 Å². The molecule has 1 aromatic carbocycles. The van der Waals surface area contributed by atoms with Gasteiger partial charge in [0.05, 0.1) is 13.2 Å². The van der Waals surface area contributed by atoms with Crippen molar-refractivity contribution in [3.8, 4) is 11.3 Å². The fourth-order valence-corrected chi connectivity index (χ4v) is 3.75. The molecule has 9 heteroatoms. The smallest absolute Gasteiger partial charge is 0.343 e. The molecule has 0 fully saturated rings. The largest absolute Gasteiger partial charge is 0.462 e. The summed E-state index contributed by atoms with van der Waals surface area (Å²) >= 11 is 7.41. The minimum atomic E-state index is -0.428. The molecule has 7 nitrogen and oxygen atoms in total. The number of hydrogen-bond donors (Lipinski definition) is 0. The zero-order chi connectivity index (χ0) is 20.4. The average Bonchev–Trinajstić information content (AvgIpc) is 3.17. The maximum Gasteiger partial charge on any atom is 0.343 e. The molecule has 4 rings (SSSR count). The number of nitrogens with zero attached hydrogens (tertiary/aromatic N) is 4.